The molecule has 0 heteroatoms. The zero-order valence-corrected chi connectivity index (χ0v) is 11.5. The Hall–Kier alpha value is -1.56. The lowest BCUT2D eigenvalue weighted by atomic mass is 9.93. The van der Waals surface area contributed by atoms with Crippen LogP contribution in [0.1, 0.15) is 56.2 Å². The van der Waals surface area contributed by atoms with Gasteiger partial charge in [-0.2, -0.15) is 0 Å². The van der Waals surface area contributed by atoms with Gasteiger partial charge < -0.3 is 0 Å². The van der Waals surface area contributed by atoms with Crippen LogP contribution in [0.15, 0.2) is 42.0 Å². The summed E-state index contributed by atoms with van der Waals surface area (Å²) in [6.07, 6.45) is 8.98. The number of hydrogen-bond acceptors (Lipinski definition) is 0. The Bertz CT molecular complexity index is 580. The summed E-state index contributed by atoms with van der Waals surface area (Å²) in [6.45, 7) is 6.80. The number of rotatable bonds is 2. The molecule has 0 fully saturated rings. The molecule has 0 aliphatic heterocycles. The molecule has 2 aliphatic rings. The van der Waals surface area contributed by atoms with E-state index in [0.29, 0.717) is 5.92 Å². The fourth-order valence-electron chi connectivity index (χ4n) is 3.07. The van der Waals surface area contributed by atoms with E-state index in [9.17, 15) is 0 Å². The monoisotopic (exact) mass is 236 g/mol. The molecule has 0 aromatic heterocycles. The zero-order chi connectivity index (χ0) is 12.7. The van der Waals surface area contributed by atoms with E-state index in [1.54, 1.807) is 11.1 Å². The molecule has 0 unspecified atom stereocenters. The lowest BCUT2D eigenvalue weighted by Crippen LogP contribution is -1.92. The summed E-state index contributed by atoms with van der Waals surface area (Å²) in [4.78, 5) is 0. The maximum atomic E-state index is 2.40. The van der Waals surface area contributed by atoms with Crippen molar-refractivity contribution in [3.63, 3.8) is 0 Å². The van der Waals surface area contributed by atoms with Gasteiger partial charge in [-0.25, -0.2) is 0 Å². The molecular weight excluding hydrogens is 216 g/mol. The summed E-state index contributed by atoms with van der Waals surface area (Å²) in [5, 5.41) is 0. The topological polar surface area (TPSA) is 0 Å². The molecule has 0 heterocycles. The molecule has 0 saturated heterocycles. The van der Waals surface area contributed by atoms with Crippen molar-refractivity contribution in [1.29, 1.82) is 0 Å². The summed E-state index contributed by atoms with van der Waals surface area (Å²) < 4.78 is 0. The maximum absolute atomic E-state index is 2.40. The predicted octanol–water partition coefficient (Wildman–Crippen LogP) is 5.33. The first-order chi connectivity index (χ1) is 8.72. The molecule has 0 atom stereocenters. The second-order valence-electron chi connectivity index (χ2n) is 5.48. The highest BCUT2D eigenvalue weighted by molar-refractivity contribution is 6.01. The molecule has 0 nitrogen and oxygen atoms in total. The number of hydrogen-bond donors (Lipinski definition) is 0. The summed E-state index contributed by atoms with van der Waals surface area (Å²) in [6, 6.07) is 7.02. The molecule has 1 aromatic carbocycles. The van der Waals surface area contributed by atoms with Crippen LogP contribution in [0.5, 0.6) is 0 Å². The molecule has 0 radical (unpaired) electrons. The van der Waals surface area contributed by atoms with Crippen molar-refractivity contribution in [2.75, 3.05) is 0 Å². The average Bonchev–Trinajstić information content (AvgIpc) is 2.71. The van der Waals surface area contributed by atoms with Crippen molar-refractivity contribution in [1.82, 2.24) is 0 Å². The van der Waals surface area contributed by atoms with Crippen LogP contribution >= 0.6 is 0 Å². The molecular formula is C18H20. The van der Waals surface area contributed by atoms with Crippen LogP contribution in [-0.4, -0.2) is 0 Å². The standard InChI is InChI=1S/C18H20/c1-4-14-15-7-5-6-8-16(15)18-11-13(12(2)3)9-10-17(14)18/h5-6,8-12H,4,7H2,1-3H3. The van der Waals surface area contributed by atoms with Gasteiger partial charge in [-0.05, 0) is 52.2 Å². The van der Waals surface area contributed by atoms with Crippen molar-refractivity contribution in [2.45, 2.75) is 39.5 Å². The van der Waals surface area contributed by atoms with Crippen LogP contribution in [0.2, 0.25) is 0 Å². The largest absolute Gasteiger partial charge is 0.0801 e. The Morgan fingerprint density at radius 1 is 1.17 bits per heavy atom. The highest BCUT2D eigenvalue weighted by atomic mass is 14.3. The summed E-state index contributed by atoms with van der Waals surface area (Å²) in [5.74, 6) is 0.601. The van der Waals surface area contributed by atoms with Crippen LogP contribution in [0.3, 0.4) is 0 Å². The Labute approximate surface area is 110 Å². The van der Waals surface area contributed by atoms with Crippen LogP contribution < -0.4 is 0 Å². The van der Waals surface area contributed by atoms with E-state index in [1.807, 2.05) is 0 Å². The molecule has 3 rings (SSSR count). The third kappa shape index (κ3) is 1.59. The highest BCUT2D eigenvalue weighted by Crippen LogP contribution is 2.46. The number of benzene rings is 1. The smallest absolute Gasteiger partial charge is 0.00852 e. The van der Waals surface area contributed by atoms with Gasteiger partial charge in [-0.15, -0.1) is 0 Å². The molecule has 1 aromatic rings. The van der Waals surface area contributed by atoms with E-state index < -0.39 is 0 Å². The SMILES string of the molecule is CCC1=C2CC=CC=C2c2cc(C(C)C)ccc21. The van der Waals surface area contributed by atoms with E-state index in [-0.39, 0.29) is 0 Å². The molecule has 18 heavy (non-hydrogen) atoms. The van der Waals surface area contributed by atoms with E-state index >= 15 is 0 Å². The predicted molar refractivity (Wildman–Crippen MR) is 79.5 cm³/mol. The Morgan fingerprint density at radius 3 is 2.72 bits per heavy atom. The van der Waals surface area contributed by atoms with Gasteiger partial charge in [0.05, 0.1) is 0 Å². The fraction of sp³-hybridized carbons (Fsp3) is 0.333. The van der Waals surface area contributed by atoms with Crippen molar-refractivity contribution < 1.29 is 0 Å². The van der Waals surface area contributed by atoms with Crippen molar-refractivity contribution >= 4 is 11.1 Å². The Morgan fingerprint density at radius 2 is 2.00 bits per heavy atom. The van der Waals surface area contributed by atoms with Crippen LogP contribution in [0.25, 0.3) is 11.1 Å². The molecule has 0 N–H and O–H groups in total. The Kier molecular flexibility index (Phi) is 2.74. The third-order valence-corrected chi connectivity index (χ3v) is 4.09. The van der Waals surface area contributed by atoms with Gasteiger partial charge in [-0.3, -0.25) is 0 Å². The molecule has 92 valence electrons. The molecule has 0 bridgehead atoms. The van der Waals surface area contributed by atoms with E-state index in [4.69, 9.17) is 0 Å². The normalized spacial score (nSPS) is 17.0. The van der Waals surface area contributed by atoms with Gasteiger partial charge in [0, 0.05) is 0 Å². The minimum Gasteiger partial charge on any atom is -0.0801 e. The van der Waals surface area contributed by atoms with E-state index in [1.165, 1.54) is 22.3 Å². The van der Waals surface area contributed by atoms with Crippen LogP contribution in [-0.2, 0) is 0 Å². The second kappa shape index (κ2) is 4.28. The van der Waals surface area contributed by atoms with Gasteiger partial charge >= 0.3 is 0 Å². The summed E-state index contributed by atoms with van der Waals surface area (Å²) in [5.41, 5.74) is 8.93. The van der Waals surface area contributed by atoms with E-state index in [2.05, 4.69) is 57.2 Å². The summed E-state index contributed by atoms with van der Waals surface area (Å²) >= 11 is 0. The van der Waals surface area contributed by atoms with Gasteiger partial charge in [0.15, 0.2) is 0 Å². The maximum Gasteiger partial charge on any atom is -0.00852 e. The summed E-state index contributed by atoms with van der Waals surface area (Å²) in [7, 11) is 0. The van der Waals surface area contributed by atoms with Gasteiger partial charge in [0.25, 0.3) is 0 Å². The average molecular weight is 236 g/mol. The minimum absolute atomic E-state index is 0.601. The van der Waals surface area contributed by atoms with Gasteiger partial charge in [0.1, 0.15) is 0 Å². The molecule has 0 amide bonds. The second-order valence-corrected chi connectivity index (χ2v) is 5.48. The minimum atomic E-state index is 0.601. The van der Waals surface area contributed by atoms with Crippen LogP contribution in [0, 0.1) is 0 Å². The highest BCUT2D eigenvalue weighted by Gasteiger charge is 2.25. The fourth-order valence-corrected chi connectivity index (χ4v) is 3.07. The van der Waals surface area contributed by atoms with Crippen molar-refractivity contribution in [2.24, 2.45) is 0 Å². The molecule has 0 spiro atoms. The lowest BCUT2D eigenvalue weighted by molar-refractivity contribution is 0.866. The number of allylic oxidation sites excluding steroid dienone is 6. The first-order valence-corrected chi connectivity index (χ1v) is 6.96. The molecule has 2 aliphatic carbocycles. The quantitative estimate of drug-likeness (QED) is 0.651. The van der Waals surface area contributed by atoms with Crippen LogP contribution in [0.4, 0.5) is 0 Å². The number of fused-ring (bicyclic) bond motifs is 3. The first kappa shape index (κ1) is 11.5. The van der Waals surface area contributed by atoms with Gasteiger partial charge in [-0.1, -0.05) is 57.2 Å². The zero-order valence-electron chi connectivity index (χ0n) is 11.5. The Balaban J connectivity index is 2.20. The van der Waals surface area contributed by atoms with Crippen molar-refractivity contribution in [3.05, 3.63) is 58.7 Å². The lowest BCUT2D eigenvalue weighted by Gasteiger charge is -2.11. The third-order valence-electron chi connectivity index (χ3n) is 4.09. The van der Waals surface area contributed by atoms with Gasteiger partial charge in [0.2, 0.25) is 0 Å². The molecule has 0 saturated carbocycles. The first-order valence-electron chi connectivity index (χ1n) is 6.96. The van der Waals surface area contributed by atoms with Crippen molar-refractivity contribution in [3.8, 4) is 0 Å². The van der Waals surface area contributed by atoms with E-state index in [0.717, 1.165) is 12.8 Å².